The Kier molecular flexibility index (Phi) is 4.69. The molecular weight excluding hydrogens is 430 g/mol. The summed E-state index contributed by atoms with van der Waals surface area (Å²) in [6.07, 6.45) is 0. The zero-order chi connectivity index (χ0) is 12.4. The van der Waals surface area contributed by atoms with Crippen molar-refractivity contribution in [1.29, 1.82) is 0 Å². The molecule has 1 aromatic heterocycles. The van der Waals surface area contributed by atoms with Crippen LogP contribution >= 0.6 is 59.1 Å². The van der Waals surface area contributed by atoms with Crippen molar-refractivity contribution in [3.05, 3.63) is 47.9 Å². The summed E-state index contributed by atoms with van der Waals surface area (Å²) in [4.78, 5) is 1.33. The lowest BCUT2D eigenvalue weighted by Crippen LogP contribution is -2.06. The minimum Gasteiger partial charge on any atom is -0.376 e. The van der Waals surface area contributed by atoms with E-state index in [0.717, 1.165) is 19.1 Å². The van der Waals surface area contributed by atoms with Crippen LogP contribution in [0, 0.1) is 0 Å². The lowest BCUT2D eigenvalue weighted by atomic mass is 10.2. The molecular formula is C12H10Br3NS. The van der Waals surface area contributed by atoms with Gasteiger partial charge in [-0.05, 0) is 62.4 Å². The van der Waals surface area contributed by atoms with Crippen LogP contribution < -0.4 is 5.32 Å². The number of hydrogen-bond donors (Lipinski definition) is 1. The van der Waals surface area contributed by atoms with Crippen molar-refractivity contribution in [3.63, 3.8) is 0 Å². The third-order valence-corrected chi connectivity index (χ3v) is 5.10. The monoisotopic (exact) mass is 437 g/mol. The van der Waals surface area contributed by atoms with Crippen LogP contribution in [-0.2, 0) is 0 Å². The van der Waals surface area contributed by atoms with E-state index in [1.165, 1.54) is 4.88 Å². The lowest BCUT2D eigenvalue weighted by molar-refractivity contribution is 0.905. The molecule has 0 fully saturated rings. The van der Waals surface area contributed by atoms with Crippen molar-refractivity contribution in [2.75, 3.05) is 5.32 Å². The summed E-state index contributed by atoms with van der Waals surface area (Å²) < 4.78 is 3.13. The summed E-state index contributed by atoms with van der Waals surface area (Å²) in [7, 11) is 0. The van der Waals surface area contributed by atoms with Gasteiger partial charge < -0.3 is 5.32 Å². The van der Waals surface area contributed by atoms with Crippen LogP contribution in [0.1, 0.15) is 17.8 Å². The van der Waals surface area contributed by atoms with Crippen molar-refractivity contribution in [3.8, 4) is 0 Å². The van der Waals surface area contributed by atoms with Crippen molar-refractivity contribution in [2.24, 2.45) is 0 Å². The van der Waals surface area contributed by atoms with E-state index in [2.05, 4.69) is 77.5 Å². The fourth-order valence-electron chi connectivity index (χ4n) is 1.51. The van der Waals surface area contributed by atoms with E-state index in [1.54, 1.807) is 11.3 Å². The van der Waals surface area contributed by atoms with E-state index >= 15 is 0 Å². The van der Waals surface area contributed by atoms with Crippen molar-refractivity contribution in [2.45, 2.75) is 13.0 Å². The molecule has 0 amide bonds. The van der Waals surface area contributed by atoms with Crippen LogP contribution in [-0.4, -0.2) is 0 Å². The number of halogens is 3. The largest absolute Gasteiger partial charge is 0.376 e. The Morgan fingerprint density at radius 1 is 1.18 bits per heavy atom. The maximum atomic E-state index is 3.57. The van der Waals surface area contributed by atoms with Gasteiger partial charge in [-0.3, -0.25) is 0 Å². The molecule has 5 heteroatoms. The number of nitrogens with one attached hydrogen (secondary N) is 1. The Balaban J connectivity index is 2.25. The van der Waals surface area contributed by atoms with Gasteiger partial charge in [0.25, 0.3) is 0 Å². The third-order valence-electron chi connectivity index (χ3n) is 2.34. The SMILES string of the molecule is CC(Nc1c(Br)cc(Br)cc1Br)c1cccs1. The fourth-order valence-corrected chi connectivity index (χ4v) is 4.73. The van der Waals surface area contributed by atoms with Crippen LogP contribution in [0.25, 0.3) is 0 Å². The minimum absolute atomic E-state index is 0.295. The molecule has 2 rings (SSSR count). The molecule has 0 saturated carbocycles. The highest BCUT2D eigenvalue weighted by atomic mass is 79.9. The van der Waals surface area contributed by atoms with Gasteiger partial charge in [-0.25, -0.2) is 0 Å². The molecule has 1 unspecified atom stereocenters. The molecule has 1 atom stereocenters. The molecule has 0 saturated heterocycles. The summed E-state index contributed by atoms with van der Waals surface area (Å²) in [5.74, 6) is 0. The molecule has 1 heterocycles. The van der Waals surface area contributed by atoms with Gasteiger partial charge in [-0.2, -0.15) is 0 Å². The van der Waals surface area contributed by atoms with Gasteiger partial charge in [0.2, 0.25) is 0 Å². The molecule has 17 heavy (non-hydrogen) atoms. The summed E-state index contributed by atoms with van der Waals surface area (Å²) in [5.41, 5.74) is 1.08. The van der Waals surface area contributed by atoms with Gasteiger partial charge in [-0.15, -0.1) is 11.3 Å². The van der Waals surface area contributed by atoms with Crippen LogP contribution in [0.15, 0.2) is 43.1 Å². The smallest absolute Gasteiger partial charge is 0.0634 e. The van der Waals surface area contributed by atoms with Gasteiger partial charge >= 0.3 is 0 Å². The van der Waals surface area contributed by atoms with Gasteiger partial charge in [0, 0.05) is 18.3 Å². The molecule has 0 spiro atoms. The van der Waals surface area contributed by atoms with E-state index in [4.69, 9.17) is 0 Å². The zero-order valence-corrected chi connectivity index (χ0v) is 14.6. The van der Waals surface area contributed by atoms with Gasteiger partial charge in [0.1, 0.15) is 0 Å². The predicted octanol–water partition coefficient (Wildman–Crippen LogP) is 6.21. The number of anilines is 1. The molecule has 1 N–H and O–H groups in total. The van der Waals surface area contributed by atoms with Crippen LogP contribution in [0.3, 0.4) is 0 Å². The molecule has 90 valence electrons. The van der Waals surface area contributed by atoms with Gasteiger partial charge in [0.05, 0.1) is 11.7 Å². The Morgan fingerprint density at radius 2 is 1.82 bits per heavy atom. The van der Waals surface area contributed by atoms with E-state index in [9.17, 15) is 0 Å². The van der Waals surface area contributed by atoms with Crippen molar-refractivity contribution in [1.82, 2.24) is 0 Å². The first-order valence-electron chi connectivity index (χ1n) is 5.02. The van der Waals surface area contributed by atoms with Crippen LogP contribution in [0.2, 0.25) is 0 Å². The highest BCUT2D eigenvalue weighted by Crippen LogP contribution is 2.36. The normalized spacial score (nSPS) is 12.5. The first-order valence-corrected chi connectivity index (χ1v) is 8.28. The maximum absolute atomic E-state index is 3.57. The van der Waals surface area contributed by atoms with E-state index in [1.807, 2.05) is 12.1 Å². The summed E-state index contributed by atoms with van der Waals surface area (Å²) in [6.45, 7) is 2.16. The van der Waals surface area contributed by atoms with Crippen molar-refractivity contribution < 1.29 is 0 Å². The maximum Gasteiger partial charge on any atom is 0.0634 e. The Bertz CT molecular complexity index is 487. The molecule has 0 aliphatic rings. The van der Waals surface area contributed by atoms with E-state index < -0.39 is 0 Å². The number of thiophene rings is 1. The second-order valence-electron chi connectivity index (χ2n) is 3.63. The molecule has 1 aromatic carbocycles. The summed E-state index contributed by atoms with van der Waals surface area (Å²) in [6, 6.07) is 8.58. The first-order chi connectivity index (χ1) is 8.08. The molecule has 0 radical (unpaired) electrons. The quantitative estimate of drug-likeness (QED) is 0.599. The van der Waals surface area contributed by atoms with E-state index in [0.29, 0.717) is 6.04 Å². The lowest BCUT2D eigenvalue weighted by Gasteiger charge is -2.17. The summed E-state index contributed by atoms with van der Waals surface area (Å²) in [5, 5.41) is 5.60. The van der Waals surface area contributed by atoms with Crippen molar-refractivity contribution >= 4 is 64.8 Å². The molecule has 0 bridgehead atoms. The van der Waals surface area contributed by atoms with Crippen LogP contribution in [0.5, 0.6) is 0 Å². The average molecular weight is 440 g/mol. The number of benzene rings is 1. The van der Waals surface area contributed by atoms with Crippen LogP contribution in [0.4, 0.5) is 5.69 Å². The third kappa shape index (κ3) is 3.34. The van der Waals surface area contributed by atoms with E-state index in [-0.39, 0.29) is 0 Å². The van der Waals surface area contributed by atoms with Gasteiger partial charge in [-0.1, -0.05) is 22.0 Å². The summed E-state index contributed by atoms with van der Waals surface area (Å²) >= 11 is 12.4. The standard InChI is InChI=1S/C12H10Br3NS/c1-7(11-3-2-4-17-11)16-12-9(14)5-8(13)6-10(12)15/h2-7,16H,1H3. The molecule has 0 aliphatic carbocycles. The highest BCUT2D eigenvalue weighted by Gasteiger charge is 2.11. The molecule has 2 aromatic rings. The minimum atomic E-state index is 0.295. The highest BCUT2D eigenvalue weighted by molar-refractivity contribution is 9.11. The first kappa shape index (κ1) is 13.6. The number of rotatable bonds is 3. The number of hydrogen-bond acceptors (Lipinski definition) is 2. The Hall–Kier alpha value is 0.160. The Labute approximate surface area is 130 Å². The average Bonchev–Trinajstić information content (AvgIpc) is 2.76. The van der Waals surface area contributed by atoms with Gasteiger partial charge in [0.15, 0.2) is 0 Å². The molecule has 0 aliphatic heterocycles. The Morgan fingerprint density at radius 3 is 2.35 bits per heavy atom. The second kappa shape index (κ2) is 5.87. The topological polar surface area (TPSA) is 12.0 Å². The predicted molar refractivity (Wildman–Crippen MR) is 85.9 cm³/mol. The second-order valence-corrected chi connectivity index (χ2v) is 7.23. The molecule has 1 nitrogen and oxygen atoms in total. The zero-order valence-electron chi connectivity index (χ0n) is 9.01. The fraction of sp³-hybridized carbons (Fsp3) is 0.167.